The SMILES string of the molecule is CC(CNC(=O)NC1(C)CCOC1C)CC(=O)O. The monoisotopic (exact) mass is 258 g/mol. The molecule has 6 heteroatoms. The van der Waals surface area contributed by atoms with Gasteiger partial charge in [0.1, 0.15) is 0 Å². The van der Waals surface area contributed by atoms with E-state index in [1.807, 2.05) is 13.8 Å². The Balaban J connectivity index is 2.31. The summed E-state index contributed by atoms with van der Waals surface area (Å²) in [6.07, 6.45) is 0.822. The number of hydrogen-bond acceptors (Lipinski definition) is 3. The van der Waals surface area contributed by atoms with Crippen LogP contribution in [-0.2, 0) is 9.53 Å². The molecule has 1 heterocycles. The Kier molecular flexibility index (Phi) is 4.95. The van der Waals surface area contributed by atoms with E-state index in [2.05, 4.69) is 10.6 Å². The molecule has 3 N–H and O–H groups in total. The number of ether oxygens (including phenoxy) is 1. The first-order valence-corrected chi connectivity index (χ1v) is 6.23. The summed E-state index contributed by atoms with van der Waals surface area (Å²) >= 11 is 0. The topological polar surface area (TPSA) is 87.7 Å². The van der Waals surface area contributed by atoms with Crippen LogP contribution in [0.3, 0.4) is 0 Å². The molecular formula is C12H22N2O4. The van der Waals surface area contributed by atoms with Gasteiger partial charge in [-0.3, -0.25) is 4.79 Å². The third-order valence-electron chi connectivity index (χ3n) is 3.42. The molecule has 3 atom stereocenters. The van der Waals surface area contributed by atoms with Crippen molar-refractivity contribution in [3.63, 3.8) is 0 Å². The molecule has 3 unspecified atom stereocenters. The smallest absolute Gasteiger partial charge is 0.315 e. The minimum atomic E-state index is -0.852. The molecule has 0 spiro atoms. The largest absolute Gasteiger partial charge is 0.481 e. The van der Waals surface area contributed by atoms with Gasteiger partial charge in [-0.05, 0) is 26.2 Å². The molecule has 1 aliphatic rings. The van der Waals surface area contributed by atoms with Gasteiger partial charge in [-0.2, -0.15) is 0 Å². The van der Waals surface area contributed by atoms with Crippen LogP contribution in [0.5, 0.6) is 0 Å². The van der Waals surface area contributed by atoms with E-state index in [-0.39, 0.29) is 30.0 Å². The molecular weight excluding hydrogens is 236 g/mol. The molecule has 6 nitrogen and oxygen atoms in total. The molecule has 1 fully saturated rings. The highest BCUT2D eigenvalue weighted by atomic mass is 16.5. The van der Waals surface area contributed by atoms with E-state index in [0.29, 0.717) is 13.2 Å². The summed E-state index contributed by atoms with van der Waals surface area (Å²) in [5.41, 5.74) is -0.347. The molecule has 104 valence electrons. The molecule has 18 heavy (non-hydrogen) atoms. The van der Waals surface area contributed by atoms with Crippen molar-refractivity contribution in [1.82, 2.24) is 10.6 Å². The van der Waals surface area contributed by atoms with Gasteiger partial charge in [0, 0.05) is 19.6 Å². The predicted molar refractivity (Wildman–Crippen MR) is 66.4 cm³/mol. The third-order valence-corrected chi connectivity index (χ3v) is 3.42. The fraction of sp³-hybridized carbons (Fsp3) is 0.833. The van der Waals surface area contributed by atoms with Crippen molar-refractivity contribution in [3.8, 4) is 0 Å². The van der Waals surface area contributed by atoms with Crippen LogP contribution in [0.2, 0.25) is 0 Å². The van der Waals surface area contributed by atoms with E-state index in [1.165, 1.54) is 0 Å². The van der Waals surface area contributed by atoms with Crippen LogP contribution in [0.15, 0.2) is 0 Å². The van der Waals surface area contributed by atoms with Gasteiger partial charge in [0.05, 0.1) is 11.6 Å². The van der Waals surface area contributed by atoms with Gasteiger partial charge in [-0.25, -0.2) is 4.79 Å². The maximum absolute atomic E-state index is 11.7. The molecule has 0 radical (unpaired) electrons. The van der Waals surface area contributed by atoms with Crippen LogP contribution in [0.25, 0.3) is 0 Å². The normalized spacial score (nSPS) is 28.7. The van der Waals surface area contributed by atoms with Gasteiger partial charge in [0.2, 0.25) is 0 Å². The standard InChI is InChI=1S/C12H22N2O4/c1-8(6-10(15)16)7-13-11(17)14-12(3)4-5-18-9(12)2/h8-9H,4-7H2,1-3H3,(H,15,16)(H2,13,14,17). The fourth-order valence-corrected chi connectivity index (χ4v) is 1.94. The first-order valence-electron chi connectivity index (χ1n) is 6.23. The molecule has 0 aromatic rings. The Labute approximate surface area is 107 Å². The summed E-state index contributed by atoms with van der Waals surface area (Å²) in [4.78, 5) is 22.2. The van der Waals surface area contributed by atoms with E-state index in [0.717, 1.165) is 6.42 Å². The summed E-state index contributed by atoms with van der Waals surface area (Å²) < 4.78 is 5.43. The Morgan fingerprint density at radius 2 is 2.22 bits per heavy atom. The lowest BCUT2D eigenvalue weighted by Crippen LogP contribution is -2.54. The zero-order valence-electron chi connectivity index (χ0n) is 11.2. The van der Waals surface area contributed by atoms with Crippen LogP contribution in [-0.4, -0.2) is 41.9 Å². The predicted octanol–water partition coefficient (Wildman–Crippen LogP) is 0.964. The van der Waals surface area contributed by atoms with E-state index >= 15 is 0 Å². The maximum Gasteiger partial charge on any atom is 0.315 e. The number of nitrogens with one attached hydrogen (secondary N) is 2. The Morgan fingerprint density at radius 1 is 1.56 bits per heavy atom. The van der Waals surface area contributed by atoms with E-state index in [4.69, 9.17) is 9.84 Å². The van der Waals surface area contributed by atoms with Crippen molar-refractivity contribution in [3.05, 3.63) is 0 Å². The van der Waals surface area contributed by atoms with Crippen molar-refractivity contribution >= 4 is 12.0 Å². The van der Waals surface area contributed by atoms with E-state index in [9.17, 15) is 9.59 Å². The summed E-state index contributed by atoms with van der Waals surface area (Å²) in [5, 5.41) is 14.2. The van der Waals surface area contributed by atoms with Crippen molar-refractivity contribution in [2.75, 3.05) is 13.2 Å². The first kappa shape index (κ1) is 14.8. The molecule has 0 saturated carbocycles. The molecule has 1 aliphatic heterocycles. The van der Waals surface area contributed by atoms with Gasteiger partial charge in [-0.1, -0.05) is 6.92 Å². The fourth-order valence-electron chi connectivity index (χ4n) is 1.94. The van der Waals surface area contributed by atoms with E-state index < -0.39 is 5.97 Å². The number of carbonyl (C=O) groups excluding carboxylic acids is 1. The van der Waals surface area contributed by atoms with Gasteiger partial charge < -0.3 is 20.5 Å². The van der Waals surface area contributed by atoms with Gasteiger partial charge in [0.15, 0.2) is 0 Å². The number of rotatable bonds is 5. The highest BCUT2D eigenvalue weighted by molar-refractivity contribution is 5.75. The van der Waals surface area contributed by atoms with Crippen molar-refractivity contribution in [2.24, 2.45) is 5.92 Å². The number of carboxylic acids is 1. The second kappa shape index (κ2) is 6.04. The number of amides is 2. The lowest BCUT2D eigenvalue weighted by atomic mass is 9.95. The van der Waals surface area contributed by atoms with Crippen LogP contribution >= 0.6 is 0 Å². The van der Waals surface area contributed by atoms with Gasteiger partial charge in [-0.15, -0.1) is 0 Å². The summed E-state index contributed by atoms with van der Waals surface area (Å²) in [7, 11) is 0. The summed E-state index contributed by atoms with van der Waals surface area (Å²) in [6.45, 7) is 6.67. The highest BCUT2D eigenvalue weighted by Gasteiger charge is 2.38. The molecule has 0 bridgehead atoms. The molecule has 2 amide bonds. The molecule has 0 aliphatic carbocycles. The molecule has 1 rings (SSSR count). The quantitative estimate of drug-likeness (QED) is 0.685. The average Bonchev–Trinajstić information content (AvgIpc) is 2.55. The van der Waals surface area contributed by atoms with Crippen molar-refractivity contribution in [1.29, 1.82) is 0 Å². The molecule has 0 aromatic carbocycles. The van der Waals surface area contributed by atoms with Crippen LogP contribution in [0.1, 0.15) is 33.6 Å². The van der Waals surface area contributed by atoms with Gasteiger partial charge in [0.25, 0.3) is 0 Å². The molecule has 1 saturated heterocycles. The second-order valence-electron chi connectivity index (χ2n) is 5.22. The molecule has 0 aromatic heterocycles. The van der Waals surface area contributed by atoms with E-state index in [1.54, 1.807) is 6.92 Å². The van der Waals surface area contributed by atoms with Crippen LogP contribution in [0, 0.1) is 5.92 Å². The number of urea groups is 1. The third kappa shape index (κ3) is 4.18. The average molecular weight is 258 g/mol. The first-order chi connectivity index (χ1) is 8.33. The Morgan fingerprint density at radius 3 is 2.72 bits per heavy atom. The highest BCUT2D eigenvalue weighted by Crippen LogP contribution is 2.24. The van der Waals surface area contributed by atoms with Crippen molar-refractivity contribution < 1.29 is 19.4 Å². The number of hydrogen-bond donors (Lipinski definition) is 3. The minimum Gasteiger partial charge on any atom is -0.481 e. The number of aliphatic carboxylic acids is 1. The van der Waals surface area contributed by atoms with Crippen LogP contribution in [0.4, 0.5) is 4.79 Å². The maximum atomic E-state index is 11.7. The lowest BCUT2D eigenvalue weighted by Gasteiger charge is -2.29. The lowest BCUT2D eigenvalue weighted by molar-refractivity contribution is -0.137. The zero-order valence-corrected chi connectivity index (χ0v) is 11.2. The zero-order chi connectivity index (χ0) is 13.8. The Bertz CT molecular complexity index is 321. The summed E-state index contributed by atoms with van der Waals surface area (Å²) in [5.74, 6) is -0.937. The second-order valence-corrected chi connectivity index (χ2v) is 5.22. The number of carboxylic acid groups (broad SMARTS) is 1. The van der Waals surface area contributed by atoms with Crippen LogP contribution < -0.4 is 10.6 Å². The van der Waals surface area contributed by atoms with Gasteiger partial charge >= 0.3 is 12.0 Å². The number of carbonyl (C=O) groups is 2. The van der Waals surface area contributed by atoms with Crippen molar-refractivity contribution in [2.45, 2.75) is 45.3 Å². The minimum absolute atomic E-state index is 0.0142. The Hall–Kier alpha value is -1.30. The summed E-state index contributed by atoms with van der Waals surface area (Å²) in [6, 6.07) is -0.271.